The van der Waals surface area contributed by atoms with Crippen molar-refractivity contribution in [1.29, 1.82) is 0 Å². The van der Waals surface area contributed by atoms with Gasteiger partial charge in [0, 0.05) is 41.8 Å². The predicted octanol–water partition coefficient (Wildman–Crippen LogP) is 5.05. The number of sulfonamides is 1. The summed E-state index contributed by atoms with van der Waals surface area (Å²) < 4.78 is 30.5. The van der Waals surface area contributed by atoms with E-state index in [2.05, 4.69) is 52.5 Å². The number of amides is 2. The molecule has 0 aliphatic carbocycles. The highest BCUT2D eigenvalue weighted by atomic mass is 32.2. The quantitative estimate of drug-likeness (QED) is 0.186. The van der Waals surface area contributed by atoms with Crippen LogP contribution in [0.2, 0.25) is 0 Å². The van der Waals surface area contributed by atoms with E-state index in [1.165, 1.54) is 36.8 Å². The number of carbonyl (C=O) groups excluding carboxylic acids is 2. The molecule has 2 N–H and O–H groups in total. The Morgan fingerprint density at radius 3 is 2.28 bits per heavy atom. The number of rotatable bonds is 11. The van der Waals surface area contributed by atoms with Crippen molar-refractivity contribution < 1.29 is 18.0 Å². The highest BCUT2D eigenvalue weighted by Crippen LogP contribution is 2.23. The lowest BCUT2D eigenvalue weighted by Gasteiger charge is -2.21. The summed E-state index contributed by atoms with van der Waals surface area (Å²) in [5.41, 5.74) is 10.2. The van der Waals surface area contributed by atoms with E-state index < -0.39 is 22.5 Å². The summed E-state index contributed by atoms with van der Waals surface area (Å²) in [5.74, 6) is -0.824. The summed E-state index contributed by atoms with van der Waals surface area (Å²) in [6.45, 7) is 9.19. The molecule has 0 fully saturated rings. The number of hydrogen-bond acceptors (Lipinski definition) is 5. The van der Waals surface area contributed by atoms with Crippen LogP contribution < -0.4 is 10.7 Å². The molecule has 1 heterocycles. The van der Waals surface area contributed by atoms with E-state index in [9.17, 15) is 18.0 Å². The molecule has 2 amide bonds. The van der Waals surface area contributed by atoms with Crippen molar-refractivity contribution in [3.63, 3.8) is 0 Å². The Morgan fingerprint density at radius 2 is 1.63 bits per heavy atom. The molecule has 0 saturated heterocycles. The molecule has 0 bridgehead atoms. The van der Waals surface area contributed by atoms with Crippen molar-refractivity contribution in [2.45, 2.75) is 45.9 Å². The minimum atomic E-state index is -4.03. The highest BCUT2D eigenvalue weighted by molar-refractivity contribution is 7.89. The number of nitrogens with zero attached hydrogens (tertiary/aromatic N) is 3. The summed E-state index contributed by atoms with van der Waals surface area (Å²) in [6, 6.07) is 23.6. The van der Waals surface area contributed by atoms with Crippen LogP contribution in [-0.4, -0.2) is 48.4 Å². The molecule has 0 aliphatic rings. The van der Waals surface area contributed by atoms with E-state index in [1.54, 1.807) is 6.21 Å². The molecule has 43 heavy (non-hydrogen) atoms. The molecular weight excluding hydrogens is 562 g/mol. The third kappa shape index (κ3) is 7.85. The standard InChI is InChI=1S/C33H37N5O4S/c1-23-11-16-32(24(2)19-23)38-25(3)20-29(26(38)4)21-34-36-33(40)22-37(18-17-28-9-7-6-8-10-28)43(41,42)31-14-12-30(13-15-31)35-27(5)39/h6-16,19-21H,17-18,22H2,1-5H3,(H,35,39)(H,36,40)/b34-21+. The Hall–Kier alpha value is -4.54. The summed E-state index contributed by atoms with van der Waals surface area (Å²) in [6.07, 6.45) is 1.99. The normalized spacial score (nSPS) is 11.7. The first-order valence-electron chi connectivity index (χ1n) is 14.0. The molecule has 4 aromatic rings. The largest absolute Gasteiger partial charge is 0.326 e. The fraction of sp³-hybridized carbons (Fsp3) is 0.242. The first-order valence-corrected chi connectivity index (χ1v) is 15.4. The van der Waals surface area contributed by atoms with Gasteiger partial charge in [-0.25, -0.2) is 13.8 Å². The lowest BCUT2D eigenvalue weighted by Crippen LogP contribution is -2.40. The molecule has 0 unspecified atom stereocenters. The predicted molar refractivity (Wildman–Crippen MR) is 170 cm³/mol. The van der Waals surface area contributed by atoms with Gasteiger partial charge in [0.1, 0.15) is 0 Å². The zero-order valence-electron chi connectivity index (χ0n) is 25.1. The smallest absolute Gasteiger partial charge is 0.255 e. The third-order valence-corrected chi connectivity index (χ3v) is 8.94. The average molecular weight is 600 g/mol. The van der Waals surface area contributed by atoms with Crippen LogP contribution in [0, 0.1) is 27.7 Å². The molecule has 1 aromatic heterocycles. The second kappa shape index (κ2) is 13.6. The van der Waals surface area contributed by atoms with Gasteiger partial charge in [-0.15, -0.1) is 0 Å². The molecule has 224 valence electrons. The first-order chi connectivity index (χ1) is 20.5. The van der Waals surface area contributed by atoms with Gasteiger partial charge in [0.2, 0.25) is 15.9 Å². The molecule has 0 radical (unpaired) electrons. The van der Waals surface area contributed by atoms with E-state index >= 15 is 0 Å². The summed E-state index contributed by atoms with van der Waals surface area (Å²) >= 11 is 0. The van der Waals surface area contributed by atoms with Crippen LogP contribution in [0.5, 0.6) is 0 Å². The number of hydrazone groups is 1. The van der Waals surface area contributed by atoms with Crippen molar-refractivity contribution in [2.75, 3.05) is 18.4 Å². The molecule has 3 aromatic carbocycles. The minimum absolute atomic E-state index is 0.0183. The van der Waals surface area contributed by atoms with E-state index in [0.717, 1.165) is 38.1 Å². The maximum absolute atomic E-state index is 13.6. The van der Waals surface area contributed by atoms with Gasteiger partial charge in [-0.1, -0.05) is 48.0 Å². The Bertz CT molecular complexity index is 1740. The van der Waals surface area contributed by atoms with Crippen LogP contribution in [0.15, 0.2) is 88.9 Å². The monoisotopic (exact) mass is 599 g/mol. The number of hydrogen-bond donors (Lipinski definition) is 2. The maximum atomic E-state index is 13.6. The summed E-state index contributed by atoms with van der Waals surface area (Å²) in [5, 5.41) is 6.78. The van der Waals surface area contributed by atoms with Gasteiger partial charge < -0.3 is 9.88 Å². The van der Waals surface area contributed by atoms with Crippen LogP contribution in [0.4, 0.5) is 5.69 Å². The van der Waals surface area contributed by atoms with Crippen LogP contribution in [-0.2, 0) is 26.0 Å². The molecule has 0 aliphatic heterocycles. The zero-order valence-corrected chi connectivity index (χ0v) is 25.9. The van der Waals surface area contributed by atoms with E-state index in [0.29, 0.717) is 12.1 Å². The number of carbonyl (C=O) groups is 2. The van der Waals surface area contributed by atoms with Crippen LogP contribution in [0.25, 0.3) is 5.69 Å². The Labute approximate surface area is 253 Å². The highest BCUT2D eigenvalue weighted by Gasteiger charge is 2.26. The molecule has 0 saturated carbocycles. The molecular formula is C33H37N5O4S. The van der Waals surface area contributed by atoms with Gasteiger partial charge in [0.05, 0.1) is 17.7 Å². The third-order valence-electron chi connectivity index (χ3n) is 7.08. The Morgan fingerprint density at radius 1 is 0.930 bits per heavy atom. The Kier molecular flexibility index (Phi) is 9.95. The molecule has 0 atom stereocenters. The van der Waals surface area contributed by atoms with Crippen LogP contribution in [0.1, 0.15) is 40.6 Å². The number of anilines is 1. The lowest BCUT2D eigenvalue weighted by atomic mass is 10.1. The van der Waals surface area contributed by atoms with Gasteiger partial charge in [-0.05, 0) is 81.6 Å². The van der Waals surface area contributed by atoms with Gasteiger partial charge >= 0.3 is 0 Å². The van der Waals surface area contributed by atoms with Gasteiger partial charge in [-0.2, -0.15) is 9.41 Å². The van der Waals surface area contributed by atoms with E-state index in [-0.39, 0.29) is 17.3 Å². The zero-order chi connectivity index (χ0) is 31.1. The maximum Gasteiger partial charge on any atom is 0.255 e. The second-order valence-corrected chi connectivity index (χ2v) is 12.5. The molecule has 10 heteroatoms. The average Bonchev–Trinajstić information content (AvgIpc) is 3.23. The van der Waals surface area contributed by atoms with Crippen molar-refractivity contribution in [1.82, 2.24) is 14.3 Å². The van der Waals surface area contributed by atoms with Crippen LogP contribution in [0.3, 0.4) is 0 Å². The van der Waals surface area contributed by atoms with Crippen molar-refractivity contribution in [2.24, 2.45) is 5.10 Å². The lowest BCUT2D eigenvalue weighted by molar-refractivity contribution is -0.121. The first kappa shape index (κ1) is 31.4. The minimum Gasteiger partial charge on any atom is -0.326 e. The van der Waals surface area contributed by atoms with Gasteiger partial charge in [0.15, 0.2) is 0 Å². The summed E-state index contributed by atoms with van der Waals surface area (Å²) in [7, 11) is -4.03. The van der Waals surface area contributed by atoms with Crippen molar-refractivity contribution in [3.8, 4) is 5.69 Å². The van der Waals surface area contributed by atoms with Crippen molar-refractivity contribution in [3.05, 3.63) is 113 Å². The SMILES string of the molecule is CC(=O)Nc1ccc(S(=O)(=O)N(CCc2ccccc2)CC(=O)N/N=C/c2cc(C)n(-c3ccc(C)cc3C)c2C)cc1. The van der Waals surface area contributed by atoms with E-state index in [1.807, 2.05) is 50.2 Å². The molecule has 4 rings (SSSR count). The van der Waals surface area contributed by atoms with Crippen molar-refractivity contribution >= 4 is 33.7 Å². The fourth-order valence-corrected chi connectivity index (χ4v) is 6.36. The molecule has 0 spiro atoms. The number of nitrogens with one attached hydrogen (secondary N) is 2. The topological polar surface area (TPSA) is 113 Å². The number of benzene rings is 3. The van der Waals surface area contributed by atoms with Crippen LogP contribution >= 0.6 is 0 Å². The van der Waals surface area contributed by atoms with Gasteiger partial charge in [-0.3, -0.25) is 9.59 Å². The summed E-state index contributed by atoms with van der Waals surface area (Å²) in [4.78, 5) is 24.4. The fourth-order valence-electron chi connectivity index (χ4n) is 4.96. The second-order valence-electron chi connectivity index (χ2n) is 10.5. The van der Waals surface area contributed by atoms with E-state index in [4.69, 9.17) is 0 Å². The molecule has 9 nitrogen and oxygen atoms in total. The van der Waals surface area contributed by atoms with Gasteiger partial charge in [0.25, 0.3) is 5.91 Å². The number of aryl methyl sites for hydroxylation is 3. The number of aromatic nitrogens is 1. The Balaban J connectivity index is 1.50.